The molecule has 0 aliphatic carbocycles. The molecule has 5 heteroatoms. The number of carbonyl (C=O) groups excluding carboxylic acids is 1. The van der Waals surface area contributed by atoms with Crippen molar-refractivity contribution in [3.63, 3.8) is 0 Å². The lowest BCUT2D eigenvalue weighted by Gasteiger charge is -2.00. The molecule has 2 N–H and O–H groups in total. The van der Waals surface area contributed by atoms with E-state index in [1.54, 1.807) is 30.6 Å². The van der Waals surface area contributed by atoms with E-state index in [-0.39, 0.29) is 5.91 Å². The standard InChI is InChI=1S/C10H8BrN3O/c11-9-4-8(6-13-9)14-10(15)7-2-1-3-12-5-7/h1-6,13H,(H,14,15). The zero-order valence-electron chi connectivity index (χ0n) is 7.70. The lowest BCUT2D eigenvalue weighted by atomic mass is 10.2. The van der Waals surface area contributed by atoms with Crippen LogP contribution in [0.15, 0.2) is 41.4 Å². The predicted octanol–water partition coefficient (Wildman–Crippen LogP) is 2.42. The van der Waals surface area contributed by atoms with Crippen molar-refractivity contribution in [3.8, 4) is 0 Å². The van der Waals surface area contributed by atoms with Gasteiger partial charge in [0.05, 0.1) is 15.9 Å². The van der Waals surface area contributed by atoms with Gasteiger partial charge in [-0.25, -0.2) is 0 Å². The van der Waals surface area contributed by atoms with Gasteiger partial charge in [0.1, 0.15) is 0 Å². The van der Waals surface area contributed by atoms with E-state index in [4.69, 9.17) is 0 Å². The maximum Gasteiger partial charge on any atom is 0.257 e. The van der Waals surface area contributed by atoms with Crippen LogP contribution in [0.3, 0.4) is 0 Å². The molecule has 0 fully saturated rings. The Balaban J connectivity index is 2.11. The summed E-state index contributed by atoms with van der Waals surface area (Å²) in [7, 11) is 0. The molecule has 76 valence electrons. The number of nitrogens with zero attached hydrogens (tertiary/aromatic N) is 1. The van der Waals surface area contributed by atoms with Crippen LogP contribution < -0.4 is 5.32 Å². The second-order valence-electron chi connectivity index (χ2n) is 2.93. The molecule has 0 radical (unpaired) electrons. The molecular formula is C10H8BrN3O. The fourth-order valence-electron chi connectivity index (χ4n) is 1.14. The first-order valence-corrected chi connectivity index (χ1v) is 5.10. The summed E-state index contributed by atoms with van der Waals surface area (Å²) in [6, 6.07) is 5.22. The van der Waals surface area contributed by atoms with Crippen LogP contribution in [0.25, 0.3) is 0 Å². The Morgan fingerprint density at radius 3 is 3.00 bits per heavy atom. The van der Waals surface area contributed by atoms with Gasteiger partial charge in [0.25, 0.3) is 5.91 Å². The summed E-state index contributed by atoms with van der Waals surface area (Å²) in [6.45, 7) is 0. The van der Waals surface area contributed by atoms with Gasteiger partial charge in [-0.2, -0.15) is 0 Å². The number of hydrogen-bond donors (Lipinski definition) is 2. The van der Waals surface area contributed by atoms with E-state index in [9.17, 15) is 4.79 Å². The number of halogens is 1. The van der Waals surface area contributed by atoms with E-state index in [0.29, 0.717) is 5.56 Å². The molecule has 0 atom stereocenters. The lowest BCUT2D eigenvalue weighted by Crippen LogP contribution is -2.11. The smallest absolute Gasteiger partial charge is 0.257 e. The molecule has 2 rings (SSSR count). The molecule has 0 saturated heterocycles. The van der Waals surface area contributed by atoms with E-state index in [0.717, 1.165) is 10.3 Å². The molecule has 1 amide bonds. The van der Waals surface area contributed by atoms with Gasteiger partial charge in [-0.15, -0.1) is 0 Å². The van der Waals surface area contributed by atoms with Crippen LogP contribution >= 0.6 is 15.9 Å². The highest BCUT2D eigenvalue weighted by atomic mass is 79.9. The van der Waals surface area contributed by atoms with Crippen molar-refractivity contribution in [3.05, 3.63) is 47.0 Å². The van der Waals surface area contributed by atoms with Crippen LogP contribution in [0, 0.1) is 0 Å². The molecule has 15 heavy (non-hydrogen) atoms. The summed E-state index contributed by atoms with van der Waals surface area (Å²) in [6.07, 6.45) is 4.86. The van der Waals surface area contributed by atoms with Crippen LogP contribution in [0.4, 0.5) is 5.69 Å². The third-order valence-corrected chi connectivity index (χ3v) is 2.29. The Kier molecular flexibility index (Phi) is 2.82. The van der Waals surface area contributed by atoms with Crippen molar-refractivity contribution in [2.75, 3.05) is 5.32 Å². The first-order chi connectivity index (χ1) is 7.25. The van der Waals surface area contributed by atoms with E-state index in [2.05, 4.69) is 31.2 Å². The summed E-state index contributed by atoms with van der Waals surface area (Å²) in [5, 5.41) is 2.74. The topological polar surface area (TPSA) is 57.8 Å². The molecule has 2 aromatic heterocycles. The van der Waals surface area contributed by atoms with Gasteiger partial charge >= 0.3 is 0 Å². The van der Waals surface area contributed by atoms with Crippen molar-refractivity contribution >= 4 is 27.5 Å². The van der Waals surface area contributed by atoms with Crippen LogP contribution in [0.5, 0.6) is 0 Å². The summed E-state index contributed by atoms with van der Waals surface area (Å²) in [4.78, 5) is 18.4. The third-order valence-electron chi connectivity index (χ3n) is 1.83. The first-order valence-electron chi connectivity index (χ1n) is 4.31. The number of nitrogens with one attached hydrogen (secondary N) is 2. The number of anilines is 1. The molecule has 0 aromatic carbocycles. The molecular weight excluding hydrogens is 258 g/mol. The number of pyridine rings is 1. The first kappa shape index (κ1) is 9.92. The summed E-state index contributed by atoms with van der Waals surface area (Å²) >= 11 is 3.26. The summed E-state index contributed by atoms with van der Waals surface area (Å²) in [5.41, 5.74) is 1.26. The zero-order chi connectivity index (χ0) is 10.7. The number of carbonyl (C=O) groups is 1. The molecule has 2 aromatic rings. The lowest BCUT2D eigenvalue weighted by molar-refractivity contribution is 0.102. The molecule has 0 aliphatic rings. The SMILES string of the molecule is O=C(Nc1c[nH]c(Br)c1)c1cccnc1. The predicted molar refractivity (Wildman–Crippen MR) is 60.7 cm³/mol. The molecule has 0 saturated carbocycles. The number of amides is 1. The second-order valence-corrected chi connectivity index (χ2v) is 3.79. The Bertz CT molecular complexity index is 467. The normalized spacial score (nSPS) is 9.93. The van der Waals surface area contributed by atoms with Gasteiger partial charge < -0.3 is 10.3 Å². The van der Waals surface area contributed by atoms with E-state index in [1.807, 2.05) is 0 Å². The average Bonchev–Trinajstić information content (AvgIpc) is 2.65. The highest BCUT2D eigenvalue weighted by Crippen LogP contribution is 2.15. The number of aromatic nitrogens is 2. The quantitative estimate of drug-likeness (QED) is 0.877. The largest absolute Gasteiger partial charge is 0.354 e. The van der Waals surface area contributed by atoms with E-state index in [1.165, 1.54) is 6.20 Å². The Morgan fingerprint density at radius 1 is 1.53 bits per heavy atom. The van der Waals surface area contributed by atoms with Gasteiger partial charge in [0.2, 0.25) is 0 Å². The van der Waals surface area contributed by atoms with Crippen LogP contribution in [-0.2, 0) is 0 Å². The highest BCUT2D eigenvalue weighted by molar-refractivity contribution is 9.10. The van der Waals surface area contributed by atoms with Crippen LogP contribution in [0.2, 0.25) is 0 Å². The Hall–Kier alpha value is -1.62. The number of aromatic amines is 1. The minimum atomic E-state index is -0.172. The molecule has 0 spiro atoms. The Morgan fingerprint density at radius 2 is 2.40 bits per heavy atom. The maximum absolute atomic E-state index is 11.6. The van der Waals surface area contributed by atoms with Crippen molar-refractivity contribution in [2.24, 2.45) is 0 Å². The van der Waals surface area contributed by atoms with Gasteiger partial charge in [-0.1, -0.05) is 0 Å². The minimum Gasteiger partial charge on any atom is -0.354 e. The van der Waals surface area contributed by atoms with Crippen molar-refractivity contribution in [1.29, 1.82) is 0 Å². The Labute approximate surface area is 94.9 Å². The van der Waals surface area contributed by atoms with Crippen molar-refractivity contribution in [1.82, 2.24) is 9.97 Å². The maximum atomic E-state index is 11.6. The molecule has 0 aliphatic heterocycles. The summed E-state index contributed by atoms with van der Waals surface area (Å²) < 4.78 is 0.823. The second kappa shape index (κ2) is 4.27. The van der Waals surface area contributed by atoms with Crippen molar-refractivity contribution < 1.29 is 4.79 Å². The van der Waals surface area contributed by atoms with Gasteiger partial charge in [0, 0.05) is 18.6 Å². The van der Waals surface area contributed by atoms with Crippen molar-refractivity contribution in [2.45, 2.75) is 0 Å². The number of hydrogen-bond acceptors (Lipinski definition) is 2. The molecule has 4 nitrogen and oxygen atoms in total. The fourth-order valence-corrected chi connectivity index (χ4v) is 1.50. The van der Waals surface area contributed by atoms with E-state index >= 15 is 0 Å². The van der Waals surface area contributed by atoms with Crippen LogP contribution in [0.1, 0.15) is 10.4 Å². The van der Waals surface area contributed by atoms with E-state index < -0.39 is 0 Å². The number of rotatable bonds is 2. The number of H-pyrrole nitrogens is 1. The fraction of sp³-hybridized carbons (Fsp3) is 0. The van der Waals surface area contributed by atoms with Gasteiger partial charge in [-0.05, 0) is 34.1 Å². The highest BCUT2D eigenvalue weighted by Gasteiger charge is 2.06. The monoisotopic (exact) mass is 265 g/mol. The summed E-state index contributed by atoms with van der Waals surface area (Å²) in [5.74, 6) is -0.172. The zero-order valence-corrected chi connectivity index (χ0v) is 9.28. The molecule has 2 heterocycles. The molecule has 0 bridgehead atoms. The third kappa shape index (κ3) is 2.44. The van der Waals surface area contributed by atoms with Gasteiger partial charge in [-0.3, -0.25) is 9.78 Å². The minimum absolute atomic E-state index is 0.172. The molecule has 0 unspecified atom stereocenters. The average molecular weight is 266 g/mol. The van der Waals surface area contributed by atoms with Crippen LogP contribution in [-0.4, -0.2) is 15.9 Å². The van der Waals surface area contributed by atoms with Gasteiger partial charge in [0.15, 0.2) is 0 Å².